The SMILES string of the molecule is O=C1[C@@H]2CN=N[C@H]2C(=O)N1c1cccc(C(F)(F)F)c1. The monoisotopic (exact) mass is 283 g/mol. The number of nitrogens with zero attached hydrogens (tertiary/aromatic N) is 3. The first-order chi connectivity index (χ1) is 9.39. The van der Waals surface area contributed by atoms with Crippen molar-refractivity contribution in [3.05, 3.63) is 29.8 Å². The van der Waals surface area contributed by atoms with Crippen LogP contribution in [0.15, 0.2) is 34.5 Å². The fourth-order valence-electron chi connectivity index (χ4n) is 2.32. The normalized spacial score (nSPS) is 25.4. The van der Waals surface area contributed by atoms with Crippen LogP contribution in [-0.2, 0) is 15.8 Å². The lowest BCUT2D eigenvalue weighted by Gasteiger charge is -2.16. The minimum atomic E-state index is -4.53. The van der Waals surface area contributed by atoms with E-state index in [-0.39, 0.29) is 12.2 Å². The molecule has 0 spiro atoms. The van der Waals surface area contributed by atoms with Crippen molar-refractivity contribution in [3.8, 4) is 0 Å². The predicted molar refractivity (Wildman–Crippen MR) is 60.9 cm³/mol. The van der Waals surface area contributed by atoms with Crippen molar-refractivity contribution in [2.45, 2.75) is 12.2 Å². The number of amides is 2. The van der Waals surface area contributed by atoms with Crippen molar-refractivity contribution in [3.63, 3.8) is 0 Å². The topological polar surface area (TPSA) is 62.1 Å². The van der Waals surface area contributed by atoms with Crippen LogP contribution in [0.3, 0.4) is 0 Å². The summed E-state index contributed by atoms with van der Waals surface area (Å²) in [4.78, 5) is 24.9. The number of halogens is 3. The van der Waals surface area contributed by atoms with Crippen LogP contribution in [0.2, 0.25) is 0 Å². The van der Waals surface area contributed by atoms with Crippen LogP contribution in [0.4, 0.5) is 18.9 Å². The van der Waals surface area contributed by atoms with Crippen molar-refractivity contribution < 1.29 is 22.8 Å². The van der Waals surface area contributed by atoms with E-state index >= 15 is 0 Å². The fraction of sp³-hybridized carbons (Fsp3) is 0.333. The largest absolute Gasteiger partial charge is 0.416 e. The molecule has 1 fully saturated rings. The summed E-state index contributed by atoms with van der Waals surface area (Å²) in [6.45, 7) is 0.102. The van der Waals surface area contributed by atoms with E-state index in [0.717, 1.165) is 23.1 Å². The second-order valence-corrected chi connectivity index (χ2v) is 4.55. The zero-order valence-electron chi connectivity index (χ0n) is 9.96. The summed E-state index contributed by atoms with van der Waals surface area (Å²) in [5.41, 5.74) is -0.992. The lowest BCUT2D eigenvalue weighted by molar-refractivity contribution is -0.137. The molecule has 0 unspecified atom stereocenters. The molecule has 0 saturated carbocycles. The first-order valence-corrected chi connectivity index (χ1v) is 5.81. The van der Waals surface area contributed by atoms with E-state index in [1.54, 1.807) is 0 Å². The molecular weight excluding hydrogens is 275 g/mol. The minimum Gasteiger partial charge on any atom is -0.274 e. The van der Waals surface area contributed by atoms with Gasteiger partial charge in [0.05, 0.1) is 23.7 Å². The maximum absolute atomic E-state index is 12.7. The zero-order chi connectivity index (χ0) is 14.5. The van der Waals surface area contributed by atoms with Gasteiger partial charge < -0.3 is 0 Å². The Labute approximate surface area is 111 Å². The lowest BCUT2D eigenvalue weighted by atomic mass is 10.1. The molecule has 104 valence electrons. The third-order valence-corrected chi connectivity index (χ3v) is 3.31. The molecule has 2 aliphatic heterocycles. The lowest BCUT2D eigenvalue weighted by Crippen LogP contribution is -2.32. The van der Waals surface area contributed by atoms with Crippen LogP contribution < -0.4 is 4.90 Å². The standard InChI is InChI=1S/C12H8F3N3O2/c13-12(14,15)6-2-1-3-7(4-6)18-10(19)8-5-16-17-9(8)11(18)20/h1-4,8-9H,5H2/t8-,9-/m1/s1. The number of azo groups is 1. The van der Waals surface area contributed by atoms with Crippen molar-refractivity contribution in [1.82, 2.24) is 0 Å². The maximum Gasteiger partial charge on any atom is 0.416 e. The molecule has 1 aromatic carbocycles. The summed E-state index contributed by atoms with van der Waals surface area (Å²) in [5, 5.41) is 7.30. The Morgan fingerprint density at radius 2 is 1.95 bits per heavy atom. The highest BCUT2D eigenvalue weighted by atomic mass is 19.4. The fourth-order valence-corrected chi connectivity index (χ4v) is 2.32. The average molecular weight is 283 g/mol. The van der Waals surface area contributed by atoms with Gasteiger partial charge in [0.25, 0.3) is 5.91 Å². The van der Waals surface area contributed by atoms with Crippen molar-refractivity contribution in [2.24, 2.45) is 16.1 Å². The molecule has 0 bridgehead atoms. The Hall–Kier alpha value is -2.25. The van der Waals surface area contributed by atoms with Crippen LogP contribution in [0.5, 0.6) is 0 Å². The van der Waals surface area contributed by atoms with Gasteiger partial charge in [-0.2, -0.15) is 23.4 Å². The molecule has 2 atom stereocenters. The number of alkyl halides is 3. The van der Waals surface area contributed by atoms with E-state index in [2.05, 4.69) is 10.2 Å². The highest BCUT2D eigenvalue weighted by molar-refractivity contribution is 6.23. The van der Waals surface area contributed by atoms with E-state index in [9.17, 15) is 22.8 Å². The van der Waals surface area contributed by atoms with E-state index < -0.39 is 35.5 Å². The molecule has 8 heteroatoms. The molecule has 3 rings (SSSR count). The minimum absolute atomic E-state index is 0.0839. The second kappa shape index (κ2) is 4.12. The summed E-state index contributed by atoms with van der Waals surface area (Å²) in [5.74, 6) is -1.86. The Balaban J connectivity index is 2.00. The molecule has 2 aliphatic rings. The Kier molecular flexibility index (Phi) is 2.63. The number of hydrogen-bond donors (Lipinski definition) is 0. The van der Waals surface area contributed by atoms with Crippen LogP contribution >= 0.6 is 0 Å². The number of anilines is 1. The number of carbonyl (C=O) groups excluding carboxylic acids is 2. The first kappa shape index (κ1) is 12.8. The highest BCUT2D eigenvalue weighted by Gasteiger charge is 2.51. The van der Waals surface area contributed by atoms with Crippen molar-refractivity contribution in [2.75, 3.05) is 11.4 Å². The number of hydrogen-bond acceptors (Lipinski definition) is 4. The molecule has 20 heavy (non-hydrogen) atoms. The molecule has 0 radical (unpaired) electrons. The van der Waals surface area contributed by atoms with Gasteiger partial charge in [-0.05, 0) is 18.2 Å². The molecule has 5 nitrogen and oxygen atoms in total. The molecule has 2 heterocycles. The molecule has 1 aromatic rings. The van der Waals surface area contributed by atoms with Crippen LogP contribution in [0.25, 0.3) is 0 Å². The summed E-state index contributed by atoms with van der Waals surface area (Å²) < 4.78 is 38.0. The smallest absolute Gasteiger partial charge is 0.274 e. The summed E-state index contributed by atoms with van der Waals surface area (Å²) in [7, 11) is 0. The average Bonchev–Trinajstić information content (AvgIpc) is 2.94. The predicted octanol–water partition coefficient (Wildman–Crippen LogP) is 2.03. The summed E-state index contributed by atoms with van der Waals surface area (Å²) >= 11 is 0. The Morgan fingerprint density at radius 3 is 2.60 bits per heavy atom. The zero-order valence-corrected chi connectivity index (χ0v) is 9.96. The Bertz CT molecular complexity index is 627. The molecule has 0 N–H and O–H groups in total. The van der Waals surface area contributed by atoms with Gasteiger partial charge >= 0.3 is 6.18 Å². The molecule has 0 aromatic heterocycles. The van der Waals surface area contributed by atoms with Gasteiger partial charge in [-0.15, -0.1) is 0 Å². The number of fused-ring (bicyclic) bond motifs is 1. The molecule has 0 aliphatic carbocycles. The second-order valence-electron chi connectivity index (χ2n) is 4.55. The highest BCUT2D eigenvalue weighted by Crippen LogP contribution is 2.35. The molecule has 2 amide bonds. The van der Waals surface area contributed by atoms with Gasteiger partial charge in [0.2, 0.25) is 5.91 Å². The van der Waals surface area contributed by atoms with E-state index in [1.165, 1.54) is 6.07 Å². The maximum atomic E-state index is 12.7. The van der Waals surface area contributed by atoms with Gasteiger partial charge in [-0.25, -0.2) is 4.90 Å². The quantitative estimate of drug-likeness (QED) is 0.740. The van der Waals surface area contributed by atoms with Crippen LogP contribution in [0.1, 0.15) is 5.56 Å². The summed E-state index contributed by atoms with van der Waals surface area (Å²) in [6, 6.07) is 3.23. The molecule has 1 saturated heterocycles. The van der Waals surface area contributed by atoms with Gasteiger partial charge in [-0.1, -0.05) is 6.07 Å². The van der Waals surface area contributed by atoms with Gasteiger partial charge in [0.1, 0.15) is 0 Å². The first-order valence-electron chi connectivity index (χ1n) is 5.81. The van der Waals surface area contributed by atoms with Gasteiger partial charge in [-0.3, -0.25) is 9.59 Å². The van der Waals surface area contributed by atoms with E-state index in [4.69, 9.17) is 0 Å². The van der Waals surface area contributed by atoms with Gasteiger partial charge in [0.15, 0.2) is 6.04 Å². The number of carbonyl (C=O) groups is 2. The molecular formula is C12H8F3N3O2. The van der Waals surface area contributed by atoms with Crippen LogP contribution in [0, 0.1) is 5.92 Å². The third kappa shape index (κ3) is 1.79. The van der Waals surface area contributed by atoms with Crippen molar-refractivity contribution >= 4 is 17.5 Å². The number of imide groups is 1. The van der Waals surface area contributed by atoms with Gasteiger partial charge in [0, 0.05) is 0 Å². The van der Waals surface area contributed by atoms with E-state index in [0.29, 0.717) is 0 Å². The Morgan fingerprint density at radius 1 is 1.20 bits per heavy atom. The van der Waals surface area contributed by atoms with Crippen molar-refractivity contribution in [1.29, 1.82) is 0 Å². The number of rotatable bonds is 1. The third-order valence-electron chi connectivity index (χ3n) is 3.31. The van der Waals surface area contributed by atoms with E-state index in [1.807, 2.05) is 0 Å². The summed E-state index contributed by atoms with van der Waals surface area (Å²) in [6.07, 6.45) is -4.53. The van der Waals surface area contributed by atoms with Crippen LogP contribution in [-0.4, -0.2) is 24.4 Å². The number of benzene rings is 1.